The highest BCUT2D eigenvalue weighted by molar-refractivity contribution is 7.99. The largest absolute Gasteiger partial charge is 0.494 e. The number of hydrogen-bond acceptors (Lipinski definition) is 6. The average Bonchev–Trinajstić information content (AvgIpc) is 2.68. The minimum absolute atomic E-state index is 0.333. The number of methoxy groups -OCH3 is 1. The number of para-hydroxylation sites is 1. The van der Waals surface area contributed by atoms with Crippen LogP contribution in [-0.4, -0.2) is 61.8 Å². The fourth-order valence-corrected chi connectivity index (χ4v) is 4.29. The molecule has 1 fully saturated rings. The first-order chi connectivity index (χ1) is 13.1. The van der Waals surface area contributed by atoms with Gasteiger partial charge in [0.15, 0.2) is 0 Å². The fraction of sp³-hybridized carbons (Fsp3) is 0.474. The van der Waals surface area contributed by atoms with Crippen molar-refractivity contribution in [1.29, 1.82) is 0 Å². The molecule has 2 aliphatic heterocycles. The molecule has 0 saturated carbocycles. The van der Waals surface area contributed by atoms with Crippen molar-refractivity contribution in [2.45, 2.75) is 13.0 Å². The summed E-state index contributed by atoms with van der Waals surface area (Å²) in [7, 11) is 1.35. The van der Waals surface area contributed by atoms with E-state index >= 15 is 0 Å². The lowest BCUT2D eigenvalue weighted by Gasteiger charge is -2.33. The van der Waals surface area contributed by atoms with Gasteiger partial charge in [0.25, 0.3) is 0 Å². The summed E-state index contributed by atoms with van der Waals surface area (Å²) in [6, 6.07) is 6.47. The highest BCUT2D eigenvalue weighted by Gasteiger charge is 2.35. The molecule has 0 aliphatic carbocycles. The minimum Gasteiger partial charge on any atom is -0.494 e. The molecule has 146 valence electrons. The number of nitrogens with one attached hydrogen (secondary N) is 2. The monoisotopic (exact) mass is 391 g/mol. The zero-order valence-corrected chi connectivity index (χ0v) is 16.4. The second-order valence-electron chi connectivity index (χ2n) is 6.27. The van der Waals surface area contributed by atoms with Gasteiger partial charge in [-0.15, -0.1) is 0 Å². The molecule has 1 saturated heterocycles. The molecule has 7 nitrogen and oxygen atoms in total. The number of urea groups is 1. The number of amides is 2. The topological polar surface area (TPSA) is 79.9 Å². The van der Waals surface area contributed by atoms with Crippen LogP contribution in [0.3, 0.4) is 0 Å². The Hall–Kier alpha value is -2.19. The normalized spacial score (nSPS) is 20.7. The van der Waals surface area contributed by atoms with E-state index in [9.17, 15) is 9.59 Å². The Morgan fingerprint density at radius 3 is 2.74 bits per heavy atom. The maximum Gasteiger partial charge on any atom is 0.338 e. The van der Waals surface area contributed by atoms with Crippen molar-refractivity contribution in [1.82, 2.24) is 15.5 Å². The van der Waals surface area contributed by atoms with Crippen molar-refractivity contribution >= 4 is 23.8 Å². The van der Waals surface area contributed by atoms with Crippen LogP contribution >= 0.6 is 11.8 Å². The van der Waals surface area contributed by atoms with Gasteiger partial charge in [-0.05, 0) is 13.0 Å². The van der Waals surface area contributed by atoms with Gasteiger partial charge in [0, 0.05) is 42.4 Å². The number of ether oxygens (including phenoxy) is 2. The first-order valence-electron chi connectivity index (χ1n) is 9.04. The Balaban J connectivity index is 2.01. The van der Waals surface area contributed by atoms with Crippen molar-refractivity contribution in [3.8, 4) is 5.75 Å². The Morgan fingerprint density at radius 1 is 1.30 bits per heavy atom. The molecule has 2 amide bonds. The summed E-state index contributed by atoms with van der Waals surface area (Å²) in [4.78, 5) is 27.2. The number of nitrogens with zero attached hydrogens (tertiary/aromatic N) is 1. The summed E-state index contributed by atoms with van der Waals surface area (Å²) >= 11 is 1.91. The summed E-state index contributed by atoms with van der Waals surface area (Å²) in [5.41, 5.74) is 1.75. The average molecular weight is 391 g/mol. The molecule has 1 aromatic rings. The van der Waals surface area contributed by atoms with Gasteiger partial charge in [-0.2, -0.15) is 11.8 Å². The van der Waals surface area contributed by atoms with Crippen LogP contribution in [0.25, 0.3) is 0 Å². The molecular weight excluding hydrogens is 366 g/mol. The van der Waals surface area contributed by atoms with Crippen LogP contribution in [0.5, 0.6) is 5.75 Å². The number of esters is 1. The molecule has 0 aromatic heterocycles. The van der Waals surface area contributed by atoms with Crippen molar-refractivity contribution in [2.75, 3.05) is 44.9 Å². The van der Waals surface area contributed by atoms with E-state index < -0.39 is 12.0 Å². The predicted octanol–water partition coefficient (Wildman–Crippen LogP) is 1.92. The third-order valence-corrected chi connectivity index (χ3v) is 5.52. The SMILES string of the molecule is CCOc1ccccc1C1NC(=O)NC(CN2CCSCC2)=C1C(=O)OC. The van der Waals surface area contributed by atoms with E-state index in [1.165, 1.54) is 7.11 Å². The van der Waals surface area contributed by atoms with Crippen LogP contribution < -0.4 is 15.4 Å². The molecule has 3 rings (SSSR count). The molecule has 2 aliphatic rings. The lowest BCUT2D eigenvalue weighted by Crippen LogP contribution is -2.49. The number of hydrogen-bond donors (Lipinski definition) is 2. The Labute approximate surface area is 163 Å². The van der Waals surface area contributed by atoms with Crippen LogP contribution in [0.1, 0.15) is 18.5 Å². The van der Waals surface area contributed by atoms with E-state index in [-0.39, 0.29) is 6.03 Å². The number of carbonyl (C=O) groups excluding carboxylic acids is 2. The second kappa shape index (κ2) is 9.14. The quantitative estimate of drug-likeness (QED) is 0.722. The van der Waals surface area contributed by atoms with E-state index in [0.717, 1.165) is 30.2 Å². The molecule has 0 radical (unpaired) electrons. The van der Waals surface area contributed by atoms with Gasteiger partial charge in [-0.1, -0.05) is 18.2 Å². The molecule has 2 N–H and O–H groups in total. The van der Waals surface area contributed by atoms with Gasteiger partial charge >= 0.3 is 12.0 Å². The maximum atomic E-state index is 12.6. The van der Waals surface area contributed by atoms with Crippen molar-refractivity contribution in [3.05, 3.63) is 41.1 Å². The second-order valence-corrected chi connectivity index (χ2v) is 7.50. The molecule has 8 heteroatoms. The Kier molecular flexibility index (Phi) is 6.63. The van der Waals surface area contributed by atoms with Gasteiger partial charge in [-0.25, -0.2) is 9.59 Å². The minimum atomic E-state index is -0.622. The fourth-order valence-electron chi connectivity index (χ4n) is 3.32. The smallest absolute Gasteiger partial charge is 0.338 e. The molecule has 1 atom stereocenters. The van der Waals surface area contributed by atoms with E-state index in [2.05, 4.69) is 15.5 Å². The third-order valence-electron chi connectivity index (χ3n) is 4.57. The van der Waals surface area contributed by atoms with Gasteiger partial charge < -0.3 is 20.1 Å². The molecular formula is C19H25N3O4S. The zero-order chi connectivity index (χ0) is 19.2. The molecule has 1 unspecified atom stereocenters. The van der Waals surface area contributed by atoms with Crippen LogP contribution in [0.15, 0.2) is 35.5 Å². The Bertz CT molecular complexity index is 731. The summed E-state index contributed by atoms with van der Waals surface area (Å²) in [6.07, 6.45) is 0. The predicted molar refractivity (Wildman–Crippen MR) is 105 cm³/mol. The Morgan fingerprint density at radius 2 is 2.04 bits per heavy atom. The maximum absolute atomic E-state index is 12.6. The van der Waals surface area contributed by atoms with E-state index in [1.54, 1.807) is 0 Å². The van der Waals surface area contributed by atoms with Gasteiger partial charge in [0.2, 0.25) is 0 Å². The third kappa shape index (κ3) is 4.56. The highest BCUT2D eigenvalue weighted by atomic mass is 32.2. The molecule has 1 aromatic carbocycles. The molecule has 0 spiro atoms. The van der Waals surface area contributed by atoms with Gasteiger partial charge in [0.05, 0.1) is 25.3 Å². The zero-order valence-electron chi connectivity index (χ0n) is 15.6. The van der Waals surface area contributed by atoms with Crippen LogP contribution in [0.4, 0.5) is 4.79 Å². The van der Waals surface area contributed by atoms with E-state index in [0.29, 0.717) is 30.2 Å². The van der Waals surface area contributed by atoms with Crippen LogP contribution in [-0.2, 0) is 9.53 Å². The number of rotatable bonds is 6. The van der Waals surface area contributed by atoms with E-state index in [4.69, 9.17) is 9.47 Å². The first kappa shape index (κ1) is 19.6. The number of carbonyl (C=O) groups is 2. The van der Waals surface area contributed by atoms with Crippen LogP contribution in [0.2, 0.25) is 0 Å². The highest BCUT2D eigenvalue weighted by Crippen LogP contribution is 2.33. The standard InChI is InChI=1S/C19H25N3O4S/c1-3-26-15-7-5-4-6-13(15)17-16(18(23)25-2)14(20-19(24)21-17)12-22-8-10-27-11-9-22/h4-7,17H,3,8-12H2,1-2H3,(H2,20,21,24). The van der Waals surface area contributed by atoms with Gasteiger partial charge in [-0.3, -0.25) is 4.90 Å². The summed E-state index contributed by atoms with van der Waals surface area (Å²) in [6.45, 7) is 4.74. The lowest BCUT2D eigenvalue weighted by molar-refractivity contribution is -0.136. The van der Waals surface area contributed by atoms with E-state index in [1.807, 2.05) is 43.0 Å². The lowest BCUT2D eigenvalue weighted by atomic mass is 9.94. The van der Waals surface area contributed by atoms with Crippen molar-refractivity contribution in [2.24, 2.45) is 0 Å². The number of thioether (sulfide) groups is 1. The molecule has 0 bridgehead atoms. The van der Waals surface area contributed by atoms with Crippen molar-refractivity contribution in [3.63, 3.8) is 0 Å². The van der Waals surface area contributed by atoms with Gasteiger partial charge in [0.1, 0.15) is 5.75 Å². The molecule has 2 heterocycles. The number of benzene rings is 1. The summed E-state index contributed by atoms with van der Waals surface area (Å²) in [5, 5.41) is 5.67. The first-order valence-corrected chi connectivity index (χ1v) is 10.2. The summed E-state index contributed by atoms with van der Waals surface area (Å²) in [5.74, 6) is 2.27. The van der Waals surface area contributed by atoms with Crippen molar-refractivity contribution < 1.29 is 19.1 Å². The molecule has 27 heavy (non-hydrogen) atoms. The summed E-state index contributed by atoms with van der Waals surface area (Å²) < 4.78 is 10.8. The van der Waals surface area contributed by atoms with Crippen LogP contribution in [0, 0.1) is 0 Å².